The average molecular weight is 313 g/mol. The van der Waals surface area contributed by atoms with Crippen molar-refractivity contribution >= 4 is 15.9 Å². The molecule has 2 atom stereocenters. The van der Waals surface area contributed by atoms with Crippen LogP contribution in [-0.4, -0.2) is 18.0 Å². The van der Waals surface area contributed by atoms with Crippen LogP contribution in [0.5, 0.6) is 0 Å². The predicted molar refractivity (Wildman–Crippen MR) is 73.4 cm³/mol. The van der Waals surface area contributed by atoms with Gasteiger partial charge in [0.05, 0.1) is 6.10 Å². The molecule has 0 spiro atoms. The highest BCUT2D eigenvalue weighted by molar-refractivity contribution is 9.09. The molecule has 0 aromatic heterocycles. The zero-order valence-electron chi connectivity index (χ0n) is 10.4. The van der Waals surface area contributed by atoms with Crippen LogP contribution in [0, 0.1) is 17.2 Å². The Morgan fingerprint density at radius 1 is 1.28 bits per heavy atom. The van der Waals surface area contributed by atoms with E-state index in [1.165, 1.54) is 18.4 Å². The summed E-state index contributed by atoms with van der Waals surface area (Å²) in [5.41, 5.74) is 1.42. The zero-order valence-corrected chi connectivity index (χ0v) is 12.0. The minimum atomic E-state index is -0.159. The van der Waals surface area contributed by atoms with Gasteiger partial charge in [-0.1, -0.05) is 28.1 Å². The van der Waals surface area contributed by atoms with Gasteiger partial charge in [-0.3, -0.25) is 0 Å². The largest absolute Gasteiger partial charge is 0.377 e. The molecule has 1 aromatic rings. The first-order chi connectivity index (χ1) is 8.73. The third-order valence-electron chi connectivity index (χ3n) is 4.29. The van der Waals surface area contributed by atoms with Crippen LogP contribution < -0.4 is 0 Å². The Morgan fingerprint density at radius 3 is 2.61 bits per heavy atom. The second kappa shape index (κ2) is 4.93. The number of benzene rings is 1. The maximum atomic E-state index is 13.0. The van der Waals surface area contributed by atoms with Crippen molar-refractivity contribution in [3.05, 3.63) is 35.6 Å². The molecule has 1 saturated carbocycles. The van der Waals surface area contributed by atoms with Crippen molar-refractivity contribution in [3.8, 4) is 0 Å². The molecular weight excluding hydrogens is 295 g/mol. The van der Waals surface area contributed by atoms with Crippen LogP contribution in [0.4, 0.5) is 4.39 Å². The summed E-state index contributed by atoms with van der Waals surface area (Å²) in [6.07, 6.45) is 5.10. The first-order valence-corrected chi connectivity index (χ1v) is 7.78. The lowest BCUT2D eigenvalue weighted by Gasteiger charge is -2.32. The second-order valence-corrected chi connectivity index (χ2v) is 6.24. The Kier molecular flexibility index (Phi) is 3.46. The van der Waals surface area contributed by atoms with Crippen molar-refractivity contribution in [1.29, 1.82) is 0 Å². The van der Waals surface area contributed by atoms with Gasteiger partial charge in [-0.05, 0) is 49.3 Å². The summed E-state index contributed by atoms with van der Waals surface area (Å²) in [6, 6.07) is 6.92. The molecule has 98 valence electrons. The average Bonchev–Trinajstić information content (AvgIpc) is 3.14. The zero-order chi connectivity index (χ0) is 12.6. The van der Waals surface area contributed by atoms with Crippen LogP contribution in [0.15, 0.2) is 24.3 Å². The summed E-state index contributed by atoms with van der Waals surface area (Å²) in [5, 5.41) is 0.971. The molecule has 3 heteroatoms. The Balaban J connectivity index is 1.80. The summed E-state index contributed by atoms with van der Waals surface area (Å²) in [5.74, 6) is 0.596. The lowest BCUT2D eigenvalue weighted by Crippen LogP contribution is -2.36. The van der Waals surface area contributed by atoms with Crippen molar-refractivity contribution in [2.75, 3.05) is 11.9 Å². The Morgan fingerprint density at radius 2 is 2.00 bits per heavy atom. The normalized spacial score (nSPS) is 31.8. The highest BCUT2D eigenvalue weighted by Gasteiger charge is 2.50. The molecule has 2 aliphatic rings. The number of halogens is 2. The van der Waals surface area contributed by atoms with Gasteiger partial charge in [0.25, 0.3) is 0 Å². The third kappa shape index (κ3) is 2.35. The topological polar surface area (TPSA) is 9.23 Å². The molecule has 0 radical (unpaired) electrons. The number of hydrogen-bond acceptors (Lipinski definition) is 1. The molecule has 1 aliphatic carbocycles. The van der Waals surface area contributed by atoms with Gasteiger partial charge in [-0.25, -0.2) is 4.39 Å². The van der Waals surface area contributed by atoms with E-state index < -0.39 is 0 Å². The molecule has 1 heterocycles. The van der Waals surface area contributed by atoms with E-state index in [0.717, 1.165) is 30.7 Å². The molecule has 18 heavy (non-hydrogen) atoms. The summed E-state index contributed by atoms with van der Waals surface area (Å²) in [4.78, 5) is 0. The summed E-state index contributed by atoms with van der Waals surface area (Å²) < 4.78 is 18.9. The first-order valence-electron chi connectivity index (χ1n) is 6.65. The van der Waals surface area contributed by atoms with Gasteiger partial charge in [0, 0.05) is 17.4 Å². The lowest BCUT2D eigenvalue weighted by molar-refractivity contribution is 0.0413. The fourth-order valence-electron chi connectivity index (χ4n) is 3.13. The molecule has 1 saturated heterocycles. The molecule has 2 fully saturated rings. The summed E-state index contributed by atoms with van der Waals surface area (Å²) in [7, 11) is 0. The van der Waals surface area contributed by atoms with Gasteiger partial charge in [0.2, 0.25) is 0 Å². The predicted octanol–water partition coefficient (Wildman–Crippen LogP) is 3.95. The number of rotatable bonds is 4. The van der Waals surface area contributed by atoms with Crippen molar-refractivity contribution in [1.82, 2.24) is 0 Å². The minimum absolute atomic E-state index is 0.159. The van der Waals surface area contributed by atoms with Crippen LogP contribution in [0.1, 0.15) is 24.8 Å². The first kappa shape index (κ1) is 12.6. The maximum absolute atomic E-state index is 13.0. The SMILES string of the molecule is Fc1ccc(CC2(CBr)CCOC2C2CC2)cc1. The lowest BCUT2D eigenvalue weighted by atomic mass is 9.76. The molecule has 1 nitrogen and oxygen atoms in total. The van der Waals surface area contributed by atoms with E-state index in [9.17, 15) is 4.39 Å². The third-order valence-corrected chi connectivity index (χ3v) is 5.40. The van der Waals surface area contributed by atoms with Crippen molar-refractivity contribution in [2.24, 2.45) is 11.3 Å². The van der Waals surface area contributed by atoms with E-state index in [1.54, 1.807) is 12.1 Å². The fraction of sp³-hybridized carbons (Fsp3) is 0.600. The van der Waals surface area contributed by atoms with Crippen LogP contribution in [0.2, 0.25) is 0 Å². The molecular formula is C15H18BrFO. The highest BCUT2D eigenvalue weighted by atomic mass is 79.9. The summed E-state index contributed by atoms with van der Waals surface area (Å²) >= 11 is 3.69. The fourth-order valence-corrected chi connectivity index (χ4v) is 3.93. The molecule has 0 bridgehead atoms. The summed E-state index contributed by atoms with van der Waals surface area (Å²) in [6.45, 7) is 0.869. The van der Waals surface area contributed by atoms with Crippen molar-refractivity contribution in [3.63, 3.8) is 0 Å². The molecule has 3 rings (SSSR count). The Labute approximate surface area is 116 Å². The van der Waals surface area contributed by atoms with Gasteiger partial charge in [-0.2, -0.15) is 0 Å². The van der Waals surface area contributed by atoms with Crippen molar-refractivity contribution in [2.45, 2.75) is 31.8 Å². The van der Waals surface area contributed by atoms with Crippen molar-refractivity contribution < 1.29 is 9.13 Å². The number of hydrogen-bond donors (Lipinski definition) is 0. The molecule has 0 amide bonds. The maximum Gasteiger partial charge on any atom is 0.123 e. The van der Waals surface area contributed by atoms with Gasteiger partial charge in [-0.15, -0.1) is 0 Å². The van der Waals surface area contributed by atoms with Gasteiger partial charge in [0.15, 0.2) is 0 Å². The Bertz CT molecular complexity index is 415. The quantitative estimate of drug-likeness (QED) is 0.765. The van der Waals surface area contributed by atoms with Gasteiger partial charge in [0.1, 0.15) is 5.82 Å². The monoisotopic (exact) mass is 312 g/mol. The van der Waals surface area contributed by atoms with Crippen LogP contribution in [0.25, 0.3) is 0 Å². The number of ether oxygens (including phenoxy) is 1. The van der Waals surface area contributed by atoms with Crippen LogP contribution in [0.3, 0.4) is 0 Å². The molecule has 1 aromatic carbocycles. The molecule has 2 unspecified atom stereocenters. The van der Waals surface area contributed by atoms with E-state index in [0.29, 0.717) is 6.10 Å². The number of alkyl halides is 1. The minimum Gasteiger partial charge on any atom is -0.377 e. The smallest absolute Gasteiger partial charge is 0.123 e. The van der Waals surface area contributed by atoms with E-state index in [2.05, 4.69) is 15.9 Å². The van der Waals surface area contributed by atoms with Gasteiger partial charge < -0.3 is 4.74 Å². The Hall–Kier alpha value is -0.410. The van der Waals surface area contributed by atoms with Crippen LogP contribution >= 0.6 is 15.9 Å². The van der Waals surface area contributed by atoms with E-state index in [4.69, 9.17) is 4.74 Å². The van der Waals surface area contributed by atoms with Gasteiger partial charge >= 0.3 is 0 Å². The highest BCUT2D eigenvalue weighted by Crippen LogP contribution is 2.50. The van der Waals surface area contributed by atoms with E-state index >= 15 is 0 Å². The standard InChI is InChI=1S/C15H18BrFO/c16-10-15(7-8-18-14(15)12-3-4-12)9-11-1-5-13(17)6-2-11/h1-2,5-6,12,14H,3-4,7-10H2. The molecule has 0 N–H and O–H groups in total. The van der Waals surface area contributed by atoms with E-state index in [-0.39, 0.29) is 11.2 Å². The molecule has 1 aliphatic heterocycles. The van der Waals surface area contributed by atoms with E-state index in [1.807, 2.05) is 12.1 Å². The second-order valence-electron chi connectivity index (χ2n) is 5.68. The van der Waals surface area contributed by atoms with Crippen LogP contribution in [-0.2, 0) is 11.2 Å².